The fourth-order valence-corrected chi connectivity index (χ4v) is 2.69. The summed E-state index contributed by atoms with van der Waals surface area (Å²) in [6.45, 7) is 9.87. The SMILES string of the molecule is C=CCNC(N)=NCc1ccc(N2CC(C)OC(C)C2)c(F)c1.I. The monoisotopic (exact) mass is 448 g/mol. The molecule has 7 heteroatoms. The largest absolute Gasteiger partial charge is 0.372 e. The minimum absolute atomic E-state index is 0. The van der Waals surface area contributed by atoms with Crippen molar-refractivity contribution >= 4 is 35.6 Å². The topological polar surface area (TPSA) is 62.9 Å². The molecule has 1 aliphatic heterocycles. The molecule has 0 saturated carbocycles. The normalized spacial score (nSPS) is 21.1. The second kappa shape index (κ2) is 9.83. The van der Waals surface area contributed by atoms with Crippen molar-refractivity contribution < 1.29 is 9.13 Å². The van der Waals surface area contributed by atoms with Crippen LogP contribution in [0.15, 0.2) is 35.8 Å². The minimum Gasteiger partial charge on any atom is -0.372 e. The summed E-state index contributed by atoms with van der Waals surface area (Å²) in [5.74, 6) is 0.0850. The average Bonchev–Trinajstić information content (AvgIpc) is 2.50. The van der Waals surface area contributed by atoms with Crippen molar-refractivity contribution in [3.63, 3.8) is 0 Å². The fraction of sp³-hybridized carbons (Fsp3) is 0.471. The maximum Gasteiger partial charge on any atom is 0.189 e. The van der Waals surface area contributed by atoms with Crippen LogP contribution in [0.2, 0.25) is 0 Å². The van der Waals surface area contributed by atoms with Gasteiger partial charge in [-0.2, -0.15) is 0 Å². The van der Waals surface area contributed by atoms with Gasteiger partial charge >= 0.3 is 0 Å². The summed E-state index contributed by atoms with van der Waals surface area (Å²) in [4.78, 5) is 6.20. The zero-order chi connectivity index (χ0) is 16.8. The quantitative estimate of drug-likeness (QED) is 0.315. The van der Waals surface area contributed by atoms with E-state index in [4.69, 9.17) is 10.5 Å². The third-order valence-corrected chi connectivity index (χ3v) is 3.63. The van der Waals surface area contributed by atoms with Gasteiger partial charge in [0.05, 0.1) is 24.4 Å². The molecule has 3 N–H and O–H groups in total. The molecule has 134 valence electrons. The van der Waals surface area contributed by atoms with Crippen molar-refractivity contribution in [2.75, 3.05) is 24.5 Å². The molecule has 1 fully saturated rings. The van der Waals surface area contributed by atoms with Gasteiger partial charge in [0.1, 0.15) is 5.82 Å². The van der Waals surface area contributed by atoms with Gasteiger partial charge < -0.3 is 20.7 Å². The van der Waals surface area contributed by atoms with E-state index in [1.807, 2.05) is 24.8 Å². The number of nitrogens with two attached hydrogens (primary N) is 1. The molecule has 5 nitrogen and oxygen atoms in total. The van der Waals surface area contributed by atoms with E-state index in [9.17, 15) is 4.39 Å². The van der Waals surface area contributed by atoms with Gasteiger partial charge in [-0.1, -0.05) is 12.1 Å². The highest BCUT2D eigenvalue weighted by molar-refractivity contribution is 14.0. The lowest BCUT2D eigenvalue weighted by atomic mass is 10.1. The number of guanidine groups is 1. The first-order valence-electron chi connectivity index (χ1n) is 7.83. The first kappa shape index (κ1) is 20.7. The van der Waals surface area contributed by atoms with E-state index < -0.39 is 0 Å². The molecule has 1 aliphatic rings. The molecule has 0 aromatic heterocycles. The predicted octanol–water partition coefficient (Wildman–Crippen LogP) is 2.65. The lowest BCUT2D eigenvalue weighted by molar-refractivity contribution is -0.00539. The Kier molecular flexibility index (Phi) is 8.47. The van der Waals surface area contributed by atoms with Crippen LogP contribution < -0.4 is 16.0 Å². The van der Waals surface area contributed by atoms with Crippen LogP contribution in [0.3, 0.4) is 0 Å². The highest BCUT2D eigenvalue weighted by Crippen LogP contribution is 2.24. The number of aliphatic imine (C=N–C) groups is 1. The smallest absolute Gasteiger partial charge is 0.189 e. The molecule has 0 amide bonds. The lowest BCUT2D eigenvalue weighted by Gasteiger charge is -2.37. The fourth-order valence-electron chi connectivity index (χ4n) is 2.69. The Bertz CT molecular complexity index is 572. The van der Waals surface area contributed by atoms with Crippen molar-refractivity contribution in [1.82, 2.24) is 5.32 Å². The van der Waals surface area contributed by atoms with Gasteiger partial charge in [-0.3, -0.25) is 0 Å². The highest BCUT2D eigenvalue weighted by Gasteiger charge is 2.24. The Morgan fingerprint density at radius 2 is 2.12 bits per heavy atom. The van der Waals surface area contributed by atoms with Gasteiger partial charge in [-0.05, 0) is 31.5 Å². The molecule has 1 saturated heterocycles. The number of nitrogens with one attached hydrogen (secondary N) is 1. The number of morpholine rings is 1. The standard InChI is InChI=1S/C17H25FN4O.HI/c1-4-7-20-17(19)21-9-14-5-6-16(15(18)8-14)22-10-12(2)23-13(3)11-22;/h4-6,8,12-13H,1,7,9-11H2,2-3H3,(H3,19,20,21);1H. The Morgan fingerprint density at radius 1 is 1.46 bits per heavy atom. The van der Waals surface area contributed by atoms with E-state index in [1.54, 1.807) is 12.1 Å². The van der Waals surface area contributed by atoms with Crippen LogP contribution in [0.5, 0.6) is 0 Å². The van der Waals surface area contributed by atoms with E-state index in [2.05, 4.69) is 16.9 Å². The second-order valence-corrected chi connectivity index (χ2v) is 5.82. The van der Waals surface area contributed by atoms with Crippen LogP contribution in [0, 0.1) is 5.82 Å². The summed E-state index contributed by atoms with van der Waals surface area (Å²) in [5, 5.41) is 2.88. The molecule has 0 spiro atoms. The van der Waals surface area contributed by atoms with Crippen LogP contribution >= 0.6 is 24.0 Å². The molecule has 1 aromatic rings. The van der Waals surface area contributed by atoms with Gasteiger partial charge in [-0.15, -0.1) is 30.6 Å². The first-order chi connectivity index (χ1) is 11.0. The lowest BCUT2D eigenvalue weighted by Crippen LogP contribution is -2.45. The summed E-state index contributed by atoms with van der Waals surface area (Å²) in [6.07, 6.45) is 1.89. The molecular weight excluding hydrogens is 422 g/mol. The van der Waals surface area contributed by atoms with Crippen molar-refractivity contribution in [2.45, 2.75) is 32.6 Å². The van der Waals surface area contributed by atoms with Crippen LogP contribution in [0.25, 0.3) is 0 Å². The molecule has 24 heavy (non-hydrogen) atoms. The van der Waals surface area contributed by atoms with Crippen LogP contribution in [0.1, 0.15) is 19.4 Å². The Morgan fingerprint density at radius 3 is 2.71 bits per heavy atom. The van der Waals surface area contributed by atoms with Crippen molar-refractivity contribution in [3.05, 3.63) is 42.2 Å². The van der Waals surface area contributed by atoms with E-state index in [-0.39, 0.29) is 42.0 Å². The van der Waals surface area contributed by atoms with Crippen LogP contribution in [-0.2, 0) is 11.3 Å². The number of hydrogen-bond donors (Lipinski definition) is 2. The molecule has 2 rings (SSSR count). The third-order valence-electron chi connectivity index (χ3n) is 3.63. The van der Waals surface area contributed by atoms with Gasteiger partial charge in [0.15, 0.2) is 5.96 Å². The molecule has 1 aromatic carbocycles. The average molecular weight is 448 g/mol. The van der Waals surface area contributed by atoms with E-state index in [0.29, 0.717) is 37.8 Å². The maximum absolute atomic E-state index is 14.4. The summed E-state index contributed by atoms with van der Waals surface area (Å²) >= 11 is 0. The number of nitrogens with zero attached hydrogens (tertiary/aromatic N) is 2. The summed E-state index contributed by atoms with van der Waals surface area (Å²) in [6, 6.07) is 5.20. The minimum atomic E-state index is -0.239. The van der Waals surface area contributed by atoms with Crippen LogP contribution in [0.4, 0.5) is 10.1 Å². The molecule has 1 heterocycles. The first-order valence-corrected chi connectivity index (χ1v) is 7.83. The number of rotatable bonds is 5. The van der Waals surface area contributed by atoms with E-state index in [0.717, 1.165) is 5.56 Å². The van der Waals surface area contributed by atoms with Crippen molar-refractivity contribution in [1.29, 1.82) is 0 Å². The summed E-state index contributed by atoms with van der Waals surface area (Å²) in [5.41, 5.74) is 7.09. The number of benzene rings is 1. The number of halogens is 2. The Labute approximate surface area is 160 Å². The molecule has 0 aliphatic carbocycles. The summed E-state index contributed by atoms with van der Waals surface area (Å²) < 4.78 is 20.1. The van der Waals surface area contributed by atoms with Crippen molar-refractivity contribution in [2.24, 2.45) is 10.7 Å². The van der Waals surface area contributed by atoms with Gasteiger partial charge in [0.2, 0.25) is 0 Å². The number of ether oxygens (including phenoxy) is 1. The van der Waals surface area contributed by atoms with Gasteiger partial charge in [0.25, 0.3) is 0 Å². The number of anilines is 1. The zero-order valence-corrected chi connectivity index (χ0v) is 16.5. The third kappa shape index (κ3) is 5.94. The summed E-state index contributed by atoms with van der Waals surface area (Å²) in [7, 11) is 0. The Hall–Kier alpha value is -1.35. The van der Waals surface area contributed by atoms with Gasteiger partial charge in [-0.25, -0.2) is 9.38 Å². The second-order valence-electron chi connectivity index (χ2n) is 5.82. The highest BCUT2D eigenvalue weighted by atomic mass is 127. The maximum atomic E-state index is 14.4. The van der Waals surface area contributed by atoms with Gasteiger partial charge in [0, 0.05) is 19.6 Å². The molecule has 2 atom stereocenters. The Balaban J connectivity index is 0.00000288. The molecule has 0 radical (unpaired) electrons. The molecular formula is C17H26FIN4O. The van der Waals surface area contributed by atoms with E-state index in [1.165, 1.54) is 6.07 Å². The number of hydrogen-bond acceptors (Lipinski definition) is 3. The van der Waals surface area contributed by atoms with E-state index >= 15 is 0 Å². The molecule has 0 bridgehead atoms. The van der Waals surface area contributed by atoms with Crippen LogP contribution in [-0.4, -0.2) is 37.8 Å². The molecule has 2 unspecified atom stereocenters. The predicted molar refractivity (Wildman–Crippen MR) is 108 cm³/mol. The van der Waals surface area contributed by atoms with Crippen molar-refractivity contribution in [3.8, 4) is 0 Å². The zero-order valence-electron chi connectivity index (χ0n) is 14.2.